The molecule has 0 aliphatic heterocycles. The summed E-state index contributed by atoms with van der Waals surface area (Å²) >= 11 is 0. The van der Waals surface area contributed by atoms with Crippen LogP contribution in [0, 0.1) is 0 Å². The Labute approximate surface area is 152 Å². The van der Waals surface area contributed by atoms with Crippen LogP contribution in [0.4, 0.5) is 0 Å². The molecular weight excluding hydrogens is 326 g/mol. The van der Waals surface area contributed by atoms with Crippen molar-refractivity contribution in [1.29, 1.82) is 0 Å². The summed E-state index contributed by atoms with van der Waals surface area (Å²) in [6.45, 7) is 0.813. The highest BCUT2D eigenvalue weighted by atomic mass is 16.2. The molecule has 3 rings (SSSR count). The molecule has 0 fully saturated rings. The van der Waals surface area contributed by atoms with Crippen molar-refractivity contribution in [2.75, 3.05) is 13.6 Å². The highest BCUT2D eigenvalue weighted by Gasteiger charge is 2.11. The first-order valence-electron chi connectivity index (χ1n) is 8.53. The summed E-state index contributed by atoms with van der Waals surface area (Å²) in [6.07, 6.45) is 3.70. The number of benzene rings is 2. The lowest BCUT2D eigenvalue weighted by atomic mass is 10.1. The van der Waals surface area contributed by atoms with E-state index >= 15 is 0 Å². The van der Waals surface area contributed by atoms with Crippen molar-refractivity contribution in [1.82, 2.24) is 15.2 Å². The number of nitrogens with one attached hydrogen (secondary N) is 1. The SMILES string of the molecule is CN(Cc1cccnc1)C(=O)CCNC(=O)c1ccc2ccccc2c1. The van der Waals surface area contributed by atoms with Crippen LogP contribution in [0.2, 0.25) is 0 Å². The Hall–Kier alpha value is -3.21. The molecule has 5 heteroatoms. The molecule has 3 aromatic rings. The Morgan fingerprint density at radius 2 is 1.85 bits per heavy atom. The molecule has 0 atom stereocenters. The minimum atomic E-state index is -0.168. The third-order valence-corrected chi connectivity index (χ3v) is 4.20. The Kier molecular flexibility index (Phi) is 5.59. The average Bonchev–Trinajstić information content (AvgIpc) is 2.68. The van der Waals surface area contributed by atoms with Crippen LogP contribution in [0.5, 0.6) is 0 Å². The minimum Gasteiger partial charge on any atom is -0.352 e. The van der Waals surface area contributed by atoms with Crippen molar-refractivity contribution >= 4 is 22.6 Å². The van der Waals surface area contributed by atoms with E-state index in [9.17, 15) is 9.59 Å². The molecule has 0 spiro atoms. The molecule has 0 unspecified atom stereocenters. The van der Waals surface area contributed by atoms with Gasteiger partial charge < -0.3 is 10.2 Å². The van der Waals surface area contributed by atoms with Crippen LogP contribution in [-0.2, 0) is 11.3 Å². The Bertz CT molecular complexity index is 909. The monoisotopic (exact) mass is 347 g/mol. The van der Waals surface area contributed by atoms with Gasteiger partial charge >= 0.3 is 0 Å². The molecule has 26 heavy (non-hydrogen) atoms. The lowest BCUT2D eigenvalue weighted by molar-refractivity contribution is -0.130. The first kappa shape index (κ1) is 17.6. The highest BCUT2D eigenvalue weighted by molar-refractivity contribution is 5.98. The molecule has 2 aromatic carbocycles. The van der Waals surface area contributed by atoms with E-state index in [-0.39, 0.29) is 18.2 Å². The smallest absolute Gasteiger partial charge is 0.251 e. The molecular formula is C21H21N3O2. The molecule has 0 saturated heterocycles. The Morgan fingerprint density at radius 3 is 2.62 bits per heavy atom. The van der Waals surface area contributed by atoms with Gasteiger partial charge in [-0.15, -0.1) is 0 Å². The van der Waals surface area contributed by atoms with Gasteiger partial charge in [-0.3, -0.25) is 14.6 Å². The largest absolute Gasteiger partial charge is 0.352 e. The predicted octanol–water partition coefficient (Wildman–Crippen LogP) is 3.01. The van der Waals surface area contributed by atoms with Gasteiger partial charge in [0, 0.05) is 44.5 Å². The zero-order valence-corrected chi connectivity index (χ0v) is 14.7. The van der Waals surface area contributed by atoms with Gasteiger partial charge in [-0.05, 0) is 34.5 Å². The van der Waals surface area contributed by atoms with Crippen LogP contribution in [0.3, 0.4) is 0 Å². The zero-order chi connectivity index (χ0) is 18.4. The van der Waals surface area contributed by atoms with Gasteiger partial charge in [0.25, 0.3) is 5.91 Å². The standard InChI is InChI=1S/C21H21N3O2/c1-24(15-16-5-4-11-22-14-16)20(25)10-12-23-21(26)19-9-8-17-6-2-3-7-18(17)13-19/h2-9,11,13-14H,10,12,15H2,1H3,(H,23,26). The number of pyridine rings is 1. The number of carbonyl (C=O) groups is 2. The topological polar surface area (TPSA) is 62.3 Å². The summed E-state index contributed by atoms with van der Waals surface area (Å²) in [6, 6.07) is 17.3. The van der Waals surface area contributed by atoms with Gasteiger partial charge in [0.1, 0.15) is 0 Å². The van der Waals surface area contributed by atoms with Crippen LogP contribution in [0.1, 0.15) is 22.3 Å². The number of fused-ring (bicyclic) bond motifs is 1. The number of hydrogen-bond donors (Lipinski definition) is 1. The summed E-state index contributed by atoms with van der Waals surface area (Å²) in [5.41, 5.74) is 1.57. The van der Waals surface area contributed by atoms with Crippen LogP contribution in [0.25, 0.3) is 10.8 Å². The van der Waals surface area contributed by atoms with E-state index in [1.807, 2.05) is 48.5 Å². The van der Waals surface area contributed by atoms with E-state index in [2.05, 4.69) is 10.3 Å². The first-order valence-corrected chi connectivity index (χ1v) is 8.53. The molecule has 1 N–H and O–H groups in total. The molecule has 1 aromatic heterocycles. The third kappa shape index (κ3) is 4.45. The highest BCUT2D eigenvalue weighted by Crippen LogP contribution is 2.15. The number of aromatic nitrogens is 1. The fourth-order valence-electron chi connectivity index (χ4n) is 2.76. The van der Waals surface area contributed by atoms with E-state index < -0.39 is 0 Å². The maximum atomic E-state index is 12.3. The second-order valence-electron chi connectivity index (χ2n) is 6.18. The van der Waals surface area contributed by atoms with Crippen molar-refractivity contribution in [2.45, 2.75) is 13.0 Å². The van der Waals surface area contributed by atoms with Gasteiger partial charge in [0.15, 0.2) is 0 Å². The summed E-state index contributed by atoms with van der Waals surface area (Å²) in [5, 5.41) is 4.93. The third-order valence-electron chi connectivity index (χ3n) is 4.20. The Morgan fingerprint density at radius 1 is 1.04 bits per heavy atom. The average molecular weight is 347 g/mol. The molecule has 132 valence electrons. The normalized spacial score (nSPS) is 10.5. The van der Waals surface area contributed by atoms with Gasteiger partial charge in [-0.1, -0.05) is 36.4 Å². The number of rotatable bonds is 6. The van der Waals surface area contributed by atoms with Gasteiger partial charge in [0.2, 0.25) is 5.91 Å². The fraction of sp³-hybridized carbons (Fsp3) is 0.190. The second-order valence-corrected chi connectivity index (χ2v) is 6.18. The van der Waals surface area contributed by atoms with Crippen molar-refractivity contribution in [3.8, 4) is 0 Å². The van der Waals surface area contributed by atoms with Crippen molar-refractivity contribution in [3.05, 3.63) is 78.1 Å². The fourth-order valence-corrected chi connectivity index (χ4v) is 2.76. The maximum absolute atomic E-state index is 12.3. The maximum Gasteiger partial charge on any atom is 0.251 e. The van der Waals surface area contributed by atoms with E-state index in [1.165, 1.54) is 0 Å². The number of amides is 2. The molecule has 5 nitrogen and oxygen atoms in total. The van der Waals surface area contributed by atoms with Crippen molar-refractivity contribution < 1.29 is 9.59 Å². The van der Waals surface area contributed by atoms with Gasteiger partial charge in [-0.25, -0.2) is 0 Å². The summed E-state index contributed by atoms with van der Waals surface area (Å²) in [5.74, 6) is -0.189. The van der Waals surface area contributed by atoms with Crippen LogP contribution in [0.15, 0.2) is 67.0 Å². The second kappa shape index (κ2) is 8.25. The van der Waals surface area contributed by atoms with E-state index in [1.54, 1.807) is 30.4 Å². The van der Waals surface area contributed by atoms with Gasteiger partial charge in [0.05, 0.1) is 0 Å². The quantitative estimate of drug-likeness (QED) is 0.745. The summed E-state index contributed by atoms with van der Waals surface area (Å²) in [7, 11) is 1.75. The number of carbonyl (C=O) groups excluding carboxylic acids is 2. The van der Waals surface area contributed by atoms with Crippen molar-refractivity contribution in [3.63, 3.8) is 0 Å². The molecule has 0 radical (unpaired) electrons. The molecule has 0 aliphatic rings. The molecule has 2 amide bonds. The Balaban J connectivity index is 1.50. The molecule has 0 aliphatic carbocycles. The zero-order valence-electron chi connectivity index (χ0n) is 14.7. The molecule has 1 heterocycles. The molecule has 0 bridgehead atoms. The van der Waals surface area contributed by atoms with E-state index in [4.69, 9.17) is 0 Å². The summed E-state index contributed by atoms with van der Waals surface area (Å²) in [4.78, 5) is 30.2. The summed E-state index contributed by atoms with van der Waals surface area (Å²) < 4.78 is 0. The lowest BCUT2D eigenvalue weighted by Crippen LogP contribution is -2.31. The van der Waals surface area contributed by atoms with Gasteiger partial charge in [-0.2, -0.15) is 0 Å². The van der Waals surface area contributed by atoms with Crippen LogP contribution in [-0.4, -0.2) is 35.3 Å². The minimum absolute atomic E-state index is 0.0207. The lowest BCUT2D eigenvalue weighted by Gasteiger charge is -2.17. The molecule has 0 saturated carbocycles. The van der Waals surface area contributed by atoms with E-state index in [0.717, 1.165) is 16.3 Å². The van der Waals surface area contributed by atoms with Crippen LogP contribution < -0.4 is 5.32 Å². The number of hydrogen-bond acceptors (Lipinski definition) is 3. The van der Waals surface area contributed by atoms with Crippen LogP contribution >= 0.6 is 0 Å². The number of nitrogens with zero attached hydrogens (tertiary/aromatic N) is 2. The first-order chi connectivity index (χ1) is 12.6. The van der Waals surface area contributed by atoms with E-state index in [0.29, 0.717) is 18.7 Å². The predicted molar refractivity (Wildman–Crippen MR) is 102 cm³/mol. The van der Waals surface area contributed by atoms with Crippen molar-refractivity contribution in [2.24, 2.45) is 0 Å².